The molecule has 6 heteroatoms. The number of carbonyl (C=O) groups is 2. The monoisotopic (exact) mass is 403 g/mol. The summed E-state index contributed by atoms with van der Waals surface area (Å²) in [4.78, 5) is 31.2. The minimum atomic E-state index is -0.0694. The topological polar surface area (TPSA) is 62.3 Å². The molecule has 1 aromatic heterocycles. The Bertz CT molecular complexity index is 1120. The number of rotatable bonds is 4. The standard InChI is InChI=1S/C23H21N3O2S/c1-14-4-6-18(7-5-14)24-20(27)12-21-25-19(13-29-21)16-9-15-3-2-8-26-22(28)11-17(10-16)23(15)26/h4-7,9-10,13H,2-3,8,11-12H2,1H3,(H,24,27). The molecule has 0 fully saturated rings. The lowest BCUT2D eigenvalue weighted by Crippen LogP contribution is -2.31. The Kier molecular flexibility index (Phi) is 4.43. The van der Waals surface area contributed by atoms with Crippen LogP contribution < -0.4 is 10.2 Å². The minimum Gasteiger partial charge on any atom is -0.326 e. The Morgan fingerprint density at radius 1 is 1.21 bits per heavy atom. The van der Waals surface area contributed by atoms with Crippen molar-refractivity contribution in [1.82, 2.24) is 4.98 Å². The highest BCUT2D eigenvalue weighted by atomic mass is 32.1. The van der Waals surface area contributed by atoms with Crippen molar-refractivity contribution in [3.05, 3.63) is 63.5 Å². The third-order valence-electron chi connectivity index (χ3n) is 5.50. The molecule has 2 aliphatic rings. The summed E-state index contributed by atoms with van der Waals surface area (Å²) in [6.07, 6.45) is 2.73. The summed E-state index contributed by atoms with van der Waals surface area (Å²) in [5.41, 5.74) is 7.34. The van der Waals surface area contributed by atoms with Gasteiger partial charge in [0, 0.05) is 23.2 Å². The van der Waals surface area contributed by atoms with Crippen molar-refractivity contribution in [3.8, 4) is 11.3 Å². The number of carbonyl (C=O) groups excluding carboxylic acids is 2. The lowest BCUT2D eigenvalue weighted by Gasteiger charge is -2.25. The number of benzene rings is 2. The number of hydrogen-bond acceptors (Lipinski definition) is 4. The van der Waals surface area contributed by atoms with Crippen LogP contribution in [0.25, 0.3) is 11.3 Å². The molecular formula is C23H21N3O2S. The first-order valence-corrected chi connectivity index (χ1v) is 10.7. The largest absolute Gasteiger partial charge is 0.326 e. The number of hydrogen-bond donors (Lipinski definition) is 1. The molecule has 0 atom stereocenters. The van der Waals surface area contributed by atoms with Crippen molar-refractivity contribution in [1.29, 1.82) is 0 Å². The van der Waals surface area contributed by atoms with Crippen LogP contribution in [0.2, 0.25) is 0 Å². The van der Waals surface area contributed by atoms with Gasteiger partial charge in [-0.05, 0) is 55.2 Å². The number of nitrogens with zero attached hydrogens (tertiary/aromatic N) is 2. The zero-order chi connectivity index (χ0) is 20.0. The quantitative estimate of drug-likeness (QED) is 0.712. The van der Waals surface area contributed by atoms with Crippen LogP contribution in [0.3, 0.4) is 0 Å². The highest BCUT2D eigenvalue weighted by molar-refractivity contribution is 7.10. The lowest BCUT2D eigenvalue weighted by atomic mass is 9.96. The van der Waals surface area contributed by atoms with E-state index in [2.05, 4.69) is 17.4 Å². The van der Waals surface area contributed by atoms with Crippen LogP contribution in [0.5, 0.6) is 0 Å². The molecule has 0 spiro atoms. The number of aryl methyl sites for hydroxylation is 2. The smallest absolute Gasteiger partial charge is 0.231 e. The van der Waals surface area contributed by atoms with Crippen LogP contribution >= 0.6 is 11.3 Å². The van der Waals surface area contributed by atoms with Gasteiger partial charge in [-0.15, -0.1) is 11.3 Å². The first-order chi connectivity index (χ1) is 14.1. The molecule has 0 unspecified atom stereocenters. The Morgan fingerprint density at radius 2 is 2.00 bits per heavy atom. The van der Waals surface area contributed by atoms with Crippen molar-refractivity contribution >= 4 is 34.5 Å². The van der Waals surface area contributed by atoms with Gasteiger partial charge in [0.15, 0.2) is 0 Å². The molecule has 0 saturated heterocycles. The third kappa shape index (κ3) is 3.44. The van der Waals surface area contributed by atoms with E-state index in [4.69, 9.17) is 4.98 Å². The highest BCUT2D eigenvalue weighted by Gasteiger charge is 2.32. The van der Waals surface area contributed by atoms with Gasteiger partial charge in [-0.3, -0.25) is 9.59 Å². The Hall–Kier alpha value is -2.99. The number of anilines is 2. The average Bonchev–Trinajstić information content (AvgIpc) is 3.29. The highest BCUT2D eigenvalue weighted by Crippen LogP contribution is 2.39. The summed E-state index contributed by atoms with van der Waals surface area (Å²) < 4.78 is 0. The van der Waals surface area contributed by atoms with Crippen LogP contribution in [0, 0.1) is 6.92 Å². The van der Waals surface area contributed by atoms with E-state index >= 15 is 0 Å². The van der Waals surface area contributed by atoms with Gasteiger partial charge in [-0.1, -0.05) is 17.7 Å². The first-order valence-electron chi connectivity index (χ1n) is 9.84. The zero-order valence-electron chi connectivity index (χ0n) is 16.2. The molecule has 2 aromatic carbocycles. The number of nitrogens with one attached hydrogen (secondary N) is 1. The number of aromatic nitrogens is 1. The van der Waals surface area contributed by atoms with Crippen molar-refractivity contribution < 1.29 is 9.59 Å². The summed E-state index contributed by atoms with van der Waals surface area (Å²) in [6.45, 7) is 2.85. The van der Waals surface area contributed by atoms with Gasteiger partial charge in [0.25, 0.3) is 0 Å². The van der Waals surface area contributed by atoms with Crippen LogP contribution in [0.15, 0.2) is 41.8 Å². The van der Waals surface area contributed by atoms with Crippen LogP contribution in [0.1, 0.15) is 28.1 Å². The predicted octanol–water partition coefficient (Wildman–Crippen LogP) is 4.14. The third-order valence-corrected chi connectivity index (χ3v) is 6.35. The van der Waals surface area contributed by atoms with Crippen molar-refractivity contribution in [2.24, 2.45) is 0 Å². The molecule has 3 aromatic rings. The lowest BCUT2D eigenvalue weighted by molar-refractivity contribution is -0.117. The SMILES string of the molecule is Cc1ccc(NC(=O)Cc2nc(-c3cc4c5c(c3)CC(=O)N5CCC4)cs2)cc1. The molecule has 0 radical (unpaired) electrons. The maximum Gasteiger partial charge on any atom is 0.231 e. The van der Waals surface area contributed by atoms with Gasteiger partial charge >= 0.3 is 0 Å². The molecule has 29 heavy (non-hydrogen) atoms. The Morgan fingerprint density at radius 3 is 2.83 bits per heavy atom. The second kappa shape index (κ2) is 7.12. The molecule has 2 amide bonds. The van der Waals surface area contributed by atoms with Crippen molar-refractivity contribution in [2.75, 3.05) is 16.8 Å². The minimum absolute atomic E-state index is 0.0694. The average molecular weight is 404 g/mol. The van der Waals surface area contributed by atoms with E-state index < -0.39 is 0 Å². The molecular weight excluding hydrogens is 382 g/mol. The predicted molar refractivity (Wildman–Crippen MR) is 115 cm³/mol. The maximum atomic E-state index is 12.4. The summed E-state index contributed by atoms with van der Waals surface area (Å²) in [5.74, 6) is 0.130. The molecule has 0 aliphatic carbocycles. The molecule has 5 rings (SSSR count). The van der Waals surface area contributed by atoms with Crippen LogP contribution in [0.4, 0.5) is 11.4 Å². The molecule has 146 valence electrons. The van der Waals surface area contributed by atoms with E-state index in [0.29, 0.717) is 6.42 Å². The normalized spacial score (nSPS) is 14.8. The molecule has 1 N–H and O–H groups in total. The van der Waals surface area contributed by atoms with E-state index in [1.807, 2.05) is 41.5 Å². The number of thiazole rings is 1. The summed E-state index contributed by atoms with van der Waals surface area (Å²) >= 11 is 1.50. The van der Waals surface area contributed by atoms with Crippen molar-refractivity contribution in [3.63, 3.8) is 0 Å². The van der Waals surface area contributed by atoms with Gasteiger partial charge in [0.05, 0.1) is 24.2 Å². The second-order valence-electron chi connectivity index (χ2n) is 7.69. The zero-order valence-corrected chi connectivity index (χ0v) is 17.0. The fourth-order valence-corrected chi connectivity index (χ4v) is 4.93. The molecule has 0 saturated carbocycles. The summed E-state index contributed by atoms with van der Waals surface area (Å²) in [5, 5.41) is 5.71. The summed E-state index contributed by atoms with van der Waals surface area (Å²) in [7, 11) is 0. The maximum absolute atomic E-state index is 12.4. The second-order valence-corrected chi connectivity index (χ2v) is 8.63. The molecule has 2 aliphatic heterocycles. The molecule has 0 bridgehead atoms. The summed E-state index contributed by atoms with van der Waals surface area (Å²) in [6, 6.07) is 12.0. The van der Waals surface area contributed by atoms with E-state index in [-0.39, 0.29) is 18.2 Å². The molecule has 5 nitrogen and oxygen atoms in total. The van der Waals surface area contributed by atoms with Crippen molar-refractivity contribution in [2.45, 2.75) is 32.6 Å². The van der Waals surface area contributed by atoms with E-state index in [1.165, 1.54) is 16.9 Å². The van der Waals surface area contributed by atoms with E-state index in [9.17, 15) is 9.59 Å². The van der Waals surface area contributed by atoms with Gasteiger partial charge in [-0.25, -0.2) is 4.98 Å². The van der Waals surface area contributed by atoms with Gasteiger partial charge in [0.2, 0.25) is 11.8 Å². The number of amides is 2. The van der Waals surface area contributed by atoms with Gasteiger partial charge in [-0.2, -0.15) is 0 Å². The fourth-order valence-electron chi connectivity index (χ4n) is 4.13. The Balaban J connectivity index is 1.34. The first kappa shape index (κ1) is 18.1. The van der Waals surface area contributed by atoms with Crippen LogP contribution in [-0.4, -0.2) is 23.3 Å². The fraction of sp³-hybridized carbons (Fsp3) is 0.261. The van der Waals surface area contributed by atoms with Gasteiger partial charge < -0.3 is 10.2 Å². The molecule has 3 heterocycles. The van der Waals surface area contributed by atoms with Gasteiger partial charge in [0.1, 0.15) is 5.01 Å². The van der Waals surface area contributed by atoms with E-state index in [1.54, 1.807) is 0 Å². The van der Waals surface area contributed by atoms with E-state index in [0.717, 1.165) is 58.2 Å². The van der Waals surface area contributed by atoms with Crippen LogP contribution in [-0.2, 0) is 28.9 Å². The Labute approximate surface area is 173 Å².